The molecule has 0 aliphatic rings. The summed E-state index contributed by atoms with van der Waals surface area (Å²) in [5, 5.41) is 0. The van der Waals surface area contributed by atoms with Gasteiger partial charge in [0.15, 0.2) is 0 Å². The second-order valence-electron chi connectivity index (χ2n) is 6.78. The van der Waals surface area contributed by atoms with Crippen LogP contribution in [-0.4, -0.2) is 24.1 Å². The van der Waals surface area contributed by atoms with Crippen molar-refractivity contribution in [2.75, 3.05) is 5.75 Å². The molecule has 0 radical (unpaired) electrons. The summed E-state index contributed by atoms with van der Waals surface area (Å²) in [5.41, 5.74) is 0. The van der Waals surface area contributed by atoms with Crippen molar-refractivity contribution in [3.05, 3.63) is 0 Å². The maximum atomic E-state index is 2.48. The predicted molar refractivity (Wildman–Crippen MR) is 109 cm³/mol. The summed E-state index contributed by atoms with van der Waals surface area (Å²) in [6.45, 7) is 7.01. The zero-order valence-corrected chi connectivity index (χ0v) is 19.6. The minimum absolute atomic E-state index is 1.01. The van der Waals surface area contributed by atoms with Gasteiger partial charge in [-0.15, -0.1) is 0 Å². The molecule has 0 nitrogen and oxygen atoms in total. The molecule has 0 bridgehead atoms. The van der Waals surface area contributed by atoms with Gasteiger partial charge in [0.2, 0.25) is 0 Å². The topological polar surface area (TPSA) is 0 Å². The number of rotatable bonds is 18. The molecule has 0 unspecified atom stereocenters. The van der Waals surface area contributed by atoms with Crippen LogP contribution in [0.1, 0.15) is 111 Å². The second-order valence-corrected chi connectivity index (χ2v) is 19.7. The van der Waals surface area contributed by atoms with Crippen LogP contribution in [0.25, 0.3) is 0 Å². The Morgan fingerprint density at radius 3 is 1.36 bits per heavy atom. The fraction of sp³-hybridized carbons (Fsp3) is 1.00. The average Bonchev–Trinajstić information content (AvgIpc) is 2.54. The normalized spacial score (nSPS) is 11.0. The van der Waals surface area contributed by atoms with Gasteiger partial charge in [0.05, 0.1) is 0 Å². The summed E-state index contributed by atoms with van der Waals surface area (Å²) in [6, 6.07) is 0. The molecule has 0 N–H and O–H groups in total. The molecule has 0 amide bonds. The molecule has 0 atom stereocenters. The van der Waals surface area contributed by atoms with Crippen molar-refractivity contribution in [1.29, 1.82) is 0 Å². The van der Waals surface area contributed by atoms with E-state index in [0.29, 0.717) is 0 Å². The van der Waals surface area contributed by atoms with Gasteiger partial charge in [-0.1, -0.05) is 6.92 Å². The van der Waals surface area contributed by atoms with Gasteiger partial charge in [-0.2, -0.15) is 0 Å². The van der Waals surface area contributed by atoms with Gasteiger partial charge in [-0.25, -0.2) is 0 Å². The molecule has 0 aromatic carbocycles. The van der Waals surface area contributed by atoms with Crippen molar-refractivity contribution >= 4 is 27.3 Å². The Morgan fingerprint density at radius 1 is 0.500 bits per heavy atom. The van der Waals surface area contributed by atoms with Crippen LogP contribution in [0.15, 0.2) is 0 Å². The summed E-state index contributed by atoms with van der Waals surface area (Å²) in [6.07, 6.45) is 20.6. The van der Waals surface area contributed by atoms with E-state index in [4.69, 9.17) is 0 Å². The van der Waals surface area contributed by atoms with Crippen molar-refractivity contribution in [3.63, 3.8) is 0 Å². The molecule has 0 saturated carbocycles. The molecule has 0 rings (SSSR count). The van der Waals surface area contributed by atoms with Gasteiger partial charge in [-0.05, 0) is 0 Å². The van der Waals surface area contributed by atoms with E-state index in [-0.39, 0.29) is 0 Å². The first-order valence-corrected chi connectivity index (χ1v) is 18.8. The van der Waals surface area contributed by atoms with E-state index in [9.17, 15) is 0 Å². The molecule has 132 valence electrons. The number of hydrogen-bond acceptors (Lipinski definition) is 1. The Morgan fingerprint density at radius 2 is 0.909 bits per heavy atom. The van der Waals surface area contributed by atoms with E-state index in [0.717, 1.165) is 0 Å². The Balaban J connectivity index is 3.33. The van der Waals surface area contributed by atoms with Crippen LogP contribution in [0, 0.1) is 0 Å². The van der Waals surface area contributed by atoms with E-state index in [1.165, 1.54) is 95.6 Å². The van der Waals surface area contributed by atoms with Crippen molar-refractivity contribution in [2.45, 2.75) is 120 Å². The summed E-state index contributed by atoms with van der Waals surface area (Å²) >= 11 is -1.01. The van der Waals surface area contributed by atoms with E-state index < -0.39 is 18.4 Å². The van der Waals surface area contributed by atoms with Crippen LogP contribution in [0.5, 0.6) is 0 Å². The maximum absolute atomic E-state index is 2.48. The van der Waals surface area contributed by atoms with E-state index in [2.05, 4.69) is 29.7 Å². The number of unbranched alkanes of at least 4 members (excludes halogenated alkanes) is 11. The summed E-state index contributed by atoms with van der Waals surface area (Å²) < 4.78 is 3.31. The first-order chi connectivity index (χ1) is 10.8. The van der Waals surface area contributed by atoms with Gasteiger partial charge in [0.1, 0.15) is 0 Å². The first-order valence-electron chi connectivity index (χ1n) is 10.3. The van der Waals surface area contributed by atoms with Crippen LogP contribution < -0.4 is 0 Å². The molecule has 0 aliphatic heterocycles. The molecule has 0 fully saturated rings. The van der Waals surface area contributed by atoms with Crippen LogP contribution >= 0.6 is 8.95 Å². The molecular weight excluding hydrogens is 391 g/mol. The Hall–Kier alpha value is 1.15. The monoisotopic (exact) mass is 435 g/mol. The quantitative estimate of drug-likeness (QED) is 0.155. The summed E-state index contributed by atoms with van der Waals surface area (Å²) in [4.78, 5) is 0. The third kappa shape index (κ3) is 17.5. The van der Waals surface area contributed by atoms with Crippen molar-refractivity contribution in [2.24, 2.45) is 0 Å². The molecule has 0 aliphatic carbocycles. The minimum atomic E-state index is -1.01. The van der Waals surface area contributed by atoms with E-state index in [1.54, 1.807) is 8.87 Å². The van der Waals surface area contributed by atoms with Crippen LogP contribution in [0.2, 0.25) is 8.87 Å². The van der Waals surface area contributed by atoms with Gasteiger partial charge >= 0.3 is 146 Å². The zero-order valence-electron chi connectivity index (χ0n) is 15.9. The average molecular weight is 434 g/mol. The van der Waals surface area contributed by atoms with Gasteiger partial charge < -0.3 is 0 Å². The van der Waals surface area contributed by atoms with Crippen LogP contribution in [0.3, 0.4) is 0 Å². The Kier molecular flexibility index (Phi) is 21.2. The van der Waals surface area contributed by atoms with Crippen molar-refractivity contribution in [3.8, 4) is 0 Å². The fourth-order valence-corrected chi connectivity index (χ4v) is 16.8. The zero-order chi connectivity index (χ0) is 16.3. The molecule has 2 heteroatoms. The van der Waals surface area contributed by atoms with Crippen molar-refractivity contribution in [1.82, 2.24) is 0 Å². The standard InChI is InChI=1S/C12H26S.2C4H9.Sn/c1-2-3-4-5-6-7-8-9-10-11-12-13;2*1-3-4-2;/h13H,2-12H2,1H3;2*1,3-4H2,2H3;/q;;;+2/p-1. The van der Waals surface area contributed by atoms with Crippen LogP contribution in [-0.2, 0) is 0 Å². The van der Waals surface area contributed by atoms with Crippen molar-refractivity contribution < 1.29 is 0 Å². The van der Waals surface area contributed by atoms with Gasteiger partial charge in [0.25, 0.3) is 0 Å². The van der Waals surface area contributed by atoms with Gasteiger partial charge in [-0.3, -0.25) is 0 Å². The molecule has 0 aromatic heterocycles. The molecule has 0 spiro atoms. The molecule has 0 aromatic rings. The second kappa shape index (κ2) is 20.2. The SMILES string of the molecule is CCCCCCCCCCCC[S][Sn+]([CH2]CCC)[CH2]CCC. The predicted octanol–water partition coefficient (Wildman–Crippen LogP) is 8.23. The molecule has 22 heavy (non-hydrogen) atoms. The van der Waals surface area contributed by atoms with E-state index >= 15 is 0 Å². The summed E-state index contributed by atoms with van der Waals surface area (Å²) in [7, 11) is 2.48. The first kappa shape index (κ1) is 23.1. The molecule has 0 heterocycles. The summed E-state index contributed by atoms with van der Waals surface area (Å²) in [5.74, 6) is 1.50. The fourth-order valence-electron chi connectivity index (χ4n) is 2.82. The van der Waals surface area contributed by atoms with Crippen LogP contribution in [0.4, 0.5) is 0 Å². The third-order valence-electron chi connectivity index (χ3n) is 4.42. The Bertz CT molecular complexity index is 188. The van der Waals surface area contributed by atoms with E-state index in [1.807, 2.05) is 0 Å². The van der Waals surface area contributed by atoms with Gasteiger partial charge in [0, 0.05) is 0 Å². The number of hydrogen-bond donors (Lipinski definition) is 0. The third-order valence-corrected chi connectivity index (χ3v) is 18.5. The molecular formula is C20H43SSn+. The molecule has 0 saturated heterocycles. The Labute approximate surface area is 152 Å².